The minimum absolute atomic E-state index is 0.0292. The SMILES string of the molecule is COC1/C=C/OC2(C)Oc3c(C)c(O)c4c(O)c(c(-c5nc6ccccc6[nH]5)c(O)c4c3C2=O)NC(=O)C(C)=C/C=C/C(C)C(O)C(C)C(O)C(C)C(OC(C)=O)C1C. The van der Waals surface area contributed by atoms with Crippen LogP contribution in [0.15, 0.2) is 60.4 Å². The van der Waals surface area contributed by atoms with Crippen molar-refractivity contribution in [3.8, 4) is 34.4 Å². The number of carbonyl (C=O) groups excluding carboxylic acids is 3. The molecule has 4 aromatic rings. The van der Waals surface area contributed by atoms with E-state index in [1.54, 1.807) is 64.1 Å². The molecule has 0 saturated heterocycles. The van der Waals surface area contributed by atoms with Gasteiger partial charge in [-0.25, -0.2) is 4.98 Å². The number of amides is 1. The summed E-state index contributed by atoms with van der Waals surface area (Å²) in [6, 6.07) is 7.00. The van der Waals surface area contributed by atoms with Crippen LogP contribution < -0.4 is 10.1 Å². The van der Waals surface area contributed by atoms with E-state index in [1.165, 1.54) is 53.2 Å². The van der Waals surface area contributed by atoms with Crippen molar-refractivity contribution in [3.05, 3.63) is 71.5 Å². The quantitative estimate of drug-likeness (QED) is 0.0685. The number of ether oxygens (including phenoxy) is 4. The van der Waals surface area contributed by atoms with Crippen molar-refractivity contribution >= 4 is 45.2 Å². The molecule has 0 radical (unpaired) electrons. The van der Waals surface area contributed by atoms with Gasteiger partial charge < -0.3 is 54.8 Å². The van der Waals surface area contributed by atoms with E-state index >= 15 is 0 Å². The van der Waals surface area contributed by atoms with E-state index < -0.39 is 88.8 Å². The van der Waals surface area contributed by atoms with Crippen LogP contribution in [0.2, 0.25) is 0 Å². The van der Waals surface area contributed by atoms with E-state index in [9.17, 15) is 39.9 Å². The van der Waals surface area contributed by atoms with Crippen molar-refractivity contribution in [1.82, 2.24) is 9.97 Å². The van der Waals surface area contributed by atoms with Crippen LogP contribution in [-0.4, -0.2) is 90.5 Å². The topological polar surface area (TPSA) is 230 Å². The number of aromatic amines is 1. The highest BCUT2D eigenvalue weighted by Crippen LogP contribution is 2.57. The molecule has 3 aliphatic heterocycles. The molecule has 7 N–H and O–H groups in total. The maximum Gasteiger partial charge on any atom is 0.312 e. The number of nitrogens with zero attached hydrogens (tertiary/aromatic N) is 1. The van der Waals surface area contributed by atoms with E-state index in [4.69, 9.17) is 18.9 Å². The Morgan fingerprint density at radius 1 is 0.898 bits per heavy atom. The van der Waals surface area contributed by atoms with Crippen LogP contribution in [0.3, 0.4) is 0 Å². The number of esters is 1. The molecular weight excluding hydrogens is 762 g/mol. The second-order valence-corrected chi connectivity index (χ2v) is 15.7. The zero-order valence-electron chi connectivity index (χ0n) is 34.4. The van der Waals surface area contributed by atoms with Crippen LogP contribution >= 0.6 is 0 Å². The van der Waals surface area contributed by atoms with Gasteiger partial charge >= 0.3 is 11.8 Å². The van der Waals surface area contributed by atoms with Gasteiger partial charge in [0.05, 0.1) is 57.8 Å². The number of Topliss-reactive ketones (excluding diaryl/α,β-unsaturated/α-hetero) is 1. The lowest BCUT2D eigenvalue weighted by atomic mass is 9.78. The van der Waals surface area contributed by atoms with Crippen molar-refractivity contribution in [3.63, 3.8) is 0 Å². The Labute approximate surface area is 341 Å². The molecule has 9 atom stereocenters. The van der Waals surface area contributed by atoms with E-state index in [-0.39, 0.29) is 50.3 Å². The van der Waals surface area contributed by atoms with Crippen LogP contribution in [0, 0.1) is 30.6 Å². The zero-order valence-corrected chi connectivity index (χ0v) is 34.4. The molecule has 314 valence electrons. The molecule has 4 heterocycles. The molecule has 3 aliphatic rings. The van der Waals surface area contributed by atoms with Crippen LogP contribution in [0.1, 0.15) is 64.4 Å². The number of nitrogens with one attached hydrogen (secondary N) is 2. The van der Waals surface area contributed by atoms with Crippen LogP contribution in [0.5, 0.6) is 23.0 Å². The molecule has 0 aliphatic carbocycles. The molecule has 15 nitrogen and oxygen atoms in total. The first-order valence-electron chi connectivity index (χ1n) is 19.4. The summed E-state index contributed by atoms with van der Waals surface area (Å²) in [6.07, 6.45) is 3.49. The van der Waals surface area contributed by atoms with E-state index in [2.05, 4.69) is 15.3 Å². The standard InChI is InChI=1S/C44H51N3O12/c1-19-13-12-14-20(2)43(55)47-33-32(42-45-26-15-10-11-16-27(26)46-42)37(52)29-30(38(33)53)36(51)24(6)40-31(29)41(54)44(8,59-40)57-18-17-28(56-9)21(3)39(58-25(7)48)23(5)35(50)22(4)34(19)49/h10-19,21-23,28,34-35,39,49-53H,1-9H3,(H,45,46)(H,47,55)/b13-12+,18-17+,20-14?. The van der Waals surface area contributed by atoms with Gasteiger partial charge in [0, 0.05) is 61.2 Å². The number of para-hydroxylation sites is 2. The molecule has 7 rings (SSSR count). The molecule has 3 aromatic carbocycles. The Kier molecular flexibility index (Phi) is 11.9. The number of fused-ring (bicyclic) bond motifs is 15. The van der Waals surface area contributed by atoms with E-state index in [0.717, 1.165) is 0 Å². The number of hydrogen-bond acceptors (Lipinski definition) is 13. The number of aromatic hydroxyl groups is 3. The number of anilines is 1. The second kappa shape index (κ2) is 16.4. The van der Waals surface area contributed by atoms with Crippen LogP contribution in [0.25, 0.3) is 33.2 Å². The van der Waals surface area contributed by atoms with Crippen molar-refractivity contribution in [2.75, 3.05) is 12.4 Å². The van der Waals surface area contributed by atoms with Gasteiger partial charge in [0.1, 0.15) is 29.2 Å². The molecule has 0 fully saturated rings. The van der Waals surface area contributed by atoms with Gasteiger partial charge in [-0.05, 0) is 32.1 Å². The number of allylic oxidation sites excluding steroid dienone is 2. The van der Waals surface area contributed by atoms with Crippen molar-refractivity contribution in [2.45, 2.75) is 85.6 Å². The zero-order chi connectivity index (χ0) is 43.2. The number of imidazole rings is 1. The summed E-state index contributed by atoms with van der Waals surface area (Å²) in [4.78, 5) is 48.4. The first-order chi connectivity index (χ1) is 27.8. The number of rotatable bonds is 3. The number of aliphatic hydroxyl groups is 2. The number of methoxy groups -OCH3 is 1. The molecular formula is C44H51N3O12. The summed E-state index contributed by atoms with van der Waals surface area (Å²) in [7, 11) is 1.43. The lowest BCUT2D eigenvalue weighted by Gasteiger charge is -2.38. The predicted octanol–water partition coefficient (Wildman–Crippen LogP) is 6.30. The second-order valence-electron chi connectivity index (χ2n) is 15.7. The largest absolute Gasteiger partial charge is 0.507 e. The summed E-state index contributed by atoms with van der Waals surface area (Å²) >= 11 is 0. The molecule has 59 heavy (non-hydrogen) atoms. The molecule has 0 spiro atoms. The number of phenolic OH excluding ortho intramolecular Hbond substituents is 3. The summed E-state index contributed by atoms with van der Waals surface area (Å²) in [5.41, 5.74) is 0.572. The average molecular weight is 814 g/mol. The fourth-order valence-corrected chi connectivity index (χ4v) is 8.02. The monoisotopic (exact) mass is 813 g/mol. The number of hydrogen-bond donors (Lipinski definition) is 7. The van der Waals surface area contributed by atoms with Gasteiger partial charge in [0.15, 0.2) is 5.75 Å². The lowest BCUT2D eigenvalue weighted by Crippen LogP contribution is -2.46. The highest BCUT2D eigenvalue weighted by atomic mass is 16.7. The molecule has 9 unspecified atom stereocenters. The maximum atomic E-state index is 14.5. The van der Waals surface area contributed by atoms with E-state index in [0.29, 0.717) is 11.0 Å². The molecule has 5 bridgehead atoms. The molecule has 1 amide bonds. The Balaban J connectivity index is 1.57. The summed E-state index contributed by atoms with van der Waals surface area (Å²) in [5.74, 6) is -8.53. The minimum atomic E-state index is -2.06. The predicted molar refractivity (Wildman–Crippen MR) is 219 cm³/mol. The highest BCUT2D eigenvalue weighted by molar-refractivity contribution is 6.23. The molecule has 0 saturated carbocycles. The van der Waals surface area contributed by atoms with Gasteiger partial charge in [-0.1, -0.05) is 58.1 Å². The number of carbonyl (C=O) groups is 3. The summed E-state index contributed by atoms with van der Waals surface area (Å²) in [6.45, 7) is 12.5. The highest BCUT2D eigenvalue weighted by Gasteiger charge is 2.50. The van der Waals surface area contributed by atoms with Crippen molar-refractivity contribution in [1.29, 1.82) is 0 Å². The van der Waals surface area contributed by atoms with Gasteiger partial charge in [-0.3, -0.25) is 14.4 Å². The number of H-pyrrole nitrogens is 1. The lowest BCUT2D eigenvalue weighted by molar-refractivity contribution is -0.160. The smallest absolute Gasteiger partial charge is 0.312 e. The van der Waals surface area contributed by atoms with Crippen molar-refractivity contribution < 1.29 is 58.9 Å². The third-order valence-corrected chi connectivity index (χ3v) is 11.6. The number of benzene rings is 3. The Hall–Kier alpha value is -5.90. The third-order valence-electron chi connectivity index (χ3n) is 11.6. The minimum Gasteiger partial charge on any atom is -0.507 e. The number of aliphatic hydroxyl groups excluding tert-OH is 2. The van der Waals surface area contributed by atoms with Gasteiger partial charge in [-0.2, -0.15) is 0 Å². The number of aromatic nitrogens is 2. The number of phenols is 3. The Morgan fingerprint density at radius 2 is 1.59 bits per heavy atom. The first-order valence-corrected chi connectivity index (χ1v) is 19.4. The van der Waals surface area contributed by atoms with Gasteiger partial charge in [0.25, 0.3) is 11.7 Å². The Morgan fingerprint density at radius 3 is 2.25 bits per heavy atom. The molecule has 15 heteroatoms. The number of ketones is 1. The van der Waals surface area contributed by atoms with Crippen LogP contribution in [0.4, 0.5) is 5.69 Å². The maximum absolute atomic E-state index is 14.5. The third kappa shape index (κ3) is 7.61. The molecule has 1 aromatic heterocycles. The van der Waals surface area contributed by atoms with E-state index in [1.807, 2.05) is 0 Å². The Bertz CT molecular complexity index is 2380. The summed E-state index contributed by atoms with van der Waals surface area (Å²) in [5, 5.41) is 60.8. The summed E-state index contributed by atoms with van der Waals surface area (Å²) < 4.78 is 23.6. The van der Waals surface area contributed by atoms with Crippen LogP contribution in [-0.2, 0) is 23.8 Å². The van der Waals surface area contributed by atoms with Crippen molar-refractivity contribution in [2.24, 2.45) is 23.7 Å². The fraction of sp³-hybridized carbons (Fsp3) is 0.409. The first kappa shape index (κ1) is 42.7. The normalized spacial score (nSPS) is 29.2. The fourth-order valence-electron chi connectivity index (χ4n) is 8.02. The van der Waals surface area contributed by atoms with Gasteiger partial charge in [-0.15, -0.1) is 0 Å². The average Bonchev–Trinajstić information content (AvgIpc) is 3.74. The van der Waals surface area contributed by atoms with Gasteiger partial charge in [0.2, 0.25) is 0 Å².